The van der Waals surface area contributed by atoms with Gasteiger partial charge in [0, 0.05) is 17.0 Å². The number of aromatic nitrogens is 1. The highest BCUT2D eigenvalue weighted by atomic mass is 32.2. The number of carbonyl (C=O) groups excluding carboxylic acids is 1. The summed E-state index contributed by atoms with van der Waals surface area (Å²) in [4.78, 5) is 17.0. The van der Waals surface area contributed by atoms with Gasteiger partial charge < -0.3 is 4.74 Å². The van der Waals surface area contributed by atoms with E-state index < -0.39 is 9.84 Å². The number of nitrogens with zero attached hydrogens (tertiary/aromatic N) is 1. The standard InChI is InChI=1S/C27H24N2O4S2/c1-19-3-5-21(6-4-19)18-35(31,32)24-14-7-20(8-15-24)9-16-26(30)29-27-28-25(17-34-27)22-10-12-23(33-2)13-11-22/h3-17H,18H2,1-2H3,(H,28,29,30)/b16-9-. The zero-order valence-corrected chi connectivity index (χ0v) is 20.9. The number of thiazole rings is 1. The van der Waals surface area contributed by atoms with Crippen LogP contribution in [0.3, 0.4) is 0 Å². The molecule has 0 aliphatic rings. The number of benzene rings is 3. The van der Waals surface area contributed by atoms with E-state index in [9.17, 15) is 13.2 Å². The van der Waals surface area contributed by atoms with E-state index in [2.05, 4.69) is 10.3 Å². The van der Waals surface area contributed by atoms with Gasteiger partial charge in [0.15, 0.2) is 15.0 Å². The van der Waals surface area contributed by atoms with Gasteiger partial charge in [-0.15, -0.1) is 11.3 Å². The Morgan fingerprint density at radius 2 is 1.69 bits per heavy atom. The molecule has 178 valence electrons. The smallest absolute Gasteiger partial charge is 0.250 e. The van der Waals surface area contributed by atoms with Crippen LogP contribution < -0.4 is 10.1 Å². The van der Waals surface area contributed by atoms with Gasteiger partial charge in [-0.1, -0.05) is 42.0 Å². The summed E-state index contributed by atoms with van der Waals surface area (Å²) in [5, 5.41) is 5.11. The summed E-state index contributed by atoms with van der Waals surface area (Å²) in [6.45, 7) is 1.96. The molecule has 3 aromatic carbocycles. The van der Waals surface area contributed by atoms with Crippen molar-refractivity contribution in [3.63, 3.8) is 0 Å². The second kappa shape index (κ2) is 10.7. The van der Waals surface area contributed by atoms with Gasteiger partial charge in [-0.25, -0.2) is 13.4 Å². The topological polar surface area (TPSA) is 85.4 Å². The molecule has 6 nitrogen and oxygen atoms in total. The summed E-state index contributed by atoms with van der Waals surface area (Å²) >= 11 is 1.34. The Kier molecular flexibility index (Phi) is 7.43. The summed E-state index contributed by atoms with van der Waals surface area (Å²) < 4.78 is 30.6. The molecule has 8 heteroatoms. The Morgan fingerprint density at radius 1 is 1.00 bits per heavy atom. The summed E-state index contributed by atoms with van der Waals surface area (Å²) in [5.41, 5.74) is 4.23. The molecule has 1 heterocycles. The first-order valence-corrected chi connectivity index (χ1v) is 13.3. The van der Waals surface area contributed by atoms with Gasteiger partial charge in [0.2, 0.25) is 5.91 Å². The van der Waals surface area contributed by atoms with Crippen molar-refractivity contribution in [2.75, 3.05) is 12.4 Å². The van der Waals surface area contributed by atoms with Crippen molar-refractivity contribution in [3.05, 3.63) is 101 Å². The van der Waals surface area contributed by atoms with E-state index in [4.69, 9.17) is 4.74 Å². The molecular formula is C27H24N2O4S2. The number of hydrogen-bond donors (Lipinski definition) is 1. The Balaban J connectivity index is 1.36. The number of rotatable bonds is 8. The third-order valence-electron chi connectivity index (χ3n) is 5.26. The van der Waals surface area contributed by atoms with Crippen LogP contribution in [0.25, 0.3) is 17.3 Å². The van der Waals surface area contributed by atoms with Crippen LogP contribution in [0.2, 0.25) is 0 Å². The van der Waals surface area contributed by atoms with Crippen LogP contribution in [0.15, 0.2) is 89.1 Å². The zero-order valence-electron chi connectivity index (χ0n) is 19.3. The number of sulfone groups is 1. The molecule has 0 bridgehead atoms. The van der Waals surface area contributed by atoms with Gasteiger partial charge in [-0.2, -0.15) is 0 Å². The molecule has 1 amide bonds. The maximum atomic E-state index is 12.7. The molecule has 1 N–H and O–H groups in total. The van der Waals surface area contributed by atoms with E-state index in [0.717, 1.165) is 28.1 Å². The van der Waals surface area contributed by atoms with E-state index in [1.807, 2.05) is 60.8 Å². The fourth-order valence-electron chi connectivity index (χ4n) is 3.32. The first-order chi connectivity index (χ1) is 16.8. The second-order valence-corrected chi connectivity index (χ2v) is 10.8. The lowest BCUT2D eigenvalue weighted by molar-refractivity contribution is -0.111. The Labute approximate surface area is 208 Å². The summed E-state index contributed by atoms with van der Waals surface area (Å²) in [5.74, 6) is 0.383. The average molecular weight is 505 g/mol. The van der Waals surface area contributed by atoms with Gasteiger partial charge in [-0.05, 0) is 60.5 Å². The highest BCUT2D eigenvalue weighted by Gasteiger charge is 2.15. The summed E-state index contributed by atoms with van der Waals surface area (Å²) in [6.07, 6.45) is 3.02. The number of methoxy groups -OCH3 is 1. The van der Waals surface area contributed by atoms with Gasteiger partial charge >= 0.3 is 0 Å². The maximum absolute atomic E-state index is 12.7. The zero-order chi connectivity index (χ0) is 24.8. The molecule has 4 rings (SSSR count). The SMILES string of the molecule is COc1ccc(-c2csc(NC(=O)/C=C\c3ccc(S(=O)(=O)Cc4ccc(C)cc4)cc3)n2)cc1. The predicted octanol–water partition coefficient (Wildman–Crippen LogP) is 5.75. The maximum Gasteiger partial charge on any atom is 0.250 e. The number of ether oxygens (including phenoxy) is 1. The first kappa shape index (κ1) is 24.4. The lowest BCUT2D eigenvalue weighted by Crippen LogP contribution is -2.07. The van der Waals surface area contributed by atoms with Gasteiger partial charge in [0.1, 0.15) is 5.75 Å². The predicted molar refractivity (Wildman–Crippen MR) is 140 cm³/mol. The molecule has 4 aromatic rings. The third kappa shape index (κ3) is 6.44. The van der Waals surface area contributed by atoms with Gasteiger partial charge in [0.25, 0.3) is 0 Å². The minimum Gasteiger partial charge on any atom is -0.497 e. The van der Waals surface area contributed by atoms with E-state index in [1.165, 1.54) is 17.4 Å². The summed E-state index contributed by atoms with van der Waals surface area (Å²) in [6, 6.07) is 21.4. The van der Waals surface area contributed by atoms with Crippen molar-refractivity contribution in [2.45, 2.75) is 17.6 Å². The average Bonchev–Trinajstić information content (AvgIpc) is 3.33. The second-order valence-electron chi connectivity index (χ2n) is 7.90. The van der Waals surface area contributed by atoms with Crippen molar-refractivity contribution < 1.29 is 17.9 Å². The molecule has 0 aliphatic heterocycles. The van der Waals surface area contributed by atoms with Crippen molar-refractivity contribution in [3.8, 4) is 17.0 Å². The quantitative estimate of drug-likeness (QED) is 0.309. The number of anilines is 1. The van der Waals surface area contributed by atoms with Crippen molar-refractivity contribution >= 4 is 38.3 Å². The number of carbonyl (C=O) groups is 1. The number of hydrogen-bond acceptors (Lipinski definition) is 6. The minimum absolute atomic E-state index is 0.0583. The van der Waals surface area contributed by atoms with Crippen LogP contribution in [-0.4, -0.2) is 26.4 Å². The number of amides is 1. The lowest BCUT2D eigenvalue weighted by atomic mass is 10.2. The molecule has 0 spiro atoms. The summed E-state index contributed by atoms with van der Waals surface area (Å²) in [7, 11) is -1.84. The molecule has 0 unspecified atom stereocenters. The molecular weight excluding hydrogens is 480 g/mol. The molecule has 0 radical (unpaired) electrons. The van der Waals surface area contributed by atoms with E-state index >= 15 is 0 Å². The Hall–Kier alpha value is -3.75. The van der Waals surface area contributed by atoms with Crippen LogP contribution in [0.5, 0.6) is 5.75 Å². The fraction of sp³-hybridized carbons (Fsp3) is 0.111. The third-order valence-corrected chi connectivity index (χ3v) is 7.73. The van der Waals surface area contributed by atoms with Crippen molar-refractivity contribution in [1.29, 1.82) is 0 Å². The van der Waals surface area contributed by atoms with E-state index in [1.54, 1.807) is 37.5 Å². The van der Waals surface area contributed by atoms with E-state index in [0.29, 0.717) is 10.7 Å². The monoisotopic (exact) mass is 504 g/mol. The molecule has 0 saturated heterocycles. The van der Waals surface area contributed by atoms with Crippen LogP contribution in [0.1, 0.15) is 16.7 Å². The molecule has 1 aromatic heterocycles. The highest BCUT2D eigenvalue weighted by molar-refractivity contribution is 7.90. The highest BCUT2D eigenvalue weighted by Crippen LogP contribution is 2.26. The van der Waals surface area contributed by atoms with Crippen molar-refractivity contribution in [1.82, 2.24) is 4.98 Å². The lowest BCUT2D eigenvalue weighted by Gasteiger charge is -2.06. The fourth-order valence-corrected chi connectivity index (χ4v) is 5.39. The van der Waals surface area contributed by atoms with Crippen LogP contribution in [0.4, 0.5) is 5.13 Å². The van der Waals surface area contributed by atoms with Crippen LogP contribution >= 0.6 is 11.3 Å². The van der Waals surface area contributed by atoms with Crippen LogP contribution in [0, 0.1) is 6.92 Å². The molecule has 0 atom stereocenters. The molecule has 35 heavy (non-hydrogen) atoms. The van der Waals surface area contributed by atoms with Crippen molar-refractivity contribution in [2.24, 2.45) is 0 Å². The van der Waals surface area contributed by atoms with Gasteiger partial charge in [0.05, 0.1) is 23.5 Å². The van der Waals surface area contributed by atoms with E-state index in [-0.39, 0.29) is 16.6 Å². The largest absolute Gasteiger partial charge is 0.497 e. The molecule has 0 saturated carbocycles. The number of nitrogens with one attached hydrogen (secondary N) is 1. The van der Waals surface area contributed by atoms with Gasteiger partial charge in [-0.3, -0.25) is 10.1 Å². The Bertz CT molecular complexity index is 1440. The van der Waals surface area contributed by atoms with Crippen LogP contribution in [-0.2, 0) is 20.4 Å². The molecule has 0 fully saturated rings. The Morgan fingerprint density at radius 3 is 2.34 bits per heavy atom. The normalized spacial score (nSPS) is 11.5. The first-order valence-electron chi connectivity index (χ1n) is 10.8. The minimum atomic E-state index is -3.46. The molecule has 0 aliphatic carbocycles. The number of aryl methyl sites for hydroxylation is 1.